The van der Waals surface area contributed by atoms with E-state index in [1.165, 1.54) is 16.9 Å². The van der Waals surface area contributed by atoms with E-state index in [-0.39, 0.29) is 35.7 Å². The first kappa shape index (κ1) is 31.4. The number of primary amides is 1. The van der Waals surface area contributed by atoms with Crippen LogP contribution in [0.1, 0.15) is 90.6 Å². The standard InChI is InChI=1S/C28H29F7N6O3/c29-26(30)44-17-10-18(25(36)43)24(37-12-17)22(14-3-6-27(31,32)7-4-14)19-13-41-20(39-19)9-16(11-38-41)23(15-1-2-15)40-21(42)5-8-28(33,34)35/h9-15,22-23,26H,1-8H2,(H2,36,43)(H,40,42)/t22-,23-/m1/s1. The summed E-state index contributed by atoms with van der Waals surface area (Å²) in [7, 11) is 0. The second-order valence-electron chi connectivity index (χ2n) is 11.3. The molecular formula is C28H29F7N6O3. The Hall–Kier alpha value is -3.98. The number of aromatic nitrogens is 4. The molecule has 0 spiro atoms. The molecule has 3 aromatic rings. The van der Waals surface area contributed by atoms with Crippen molar-refractivity contribution in [2.24, 2.45) is 17.6 Å². The molecule has 44 heavy (non-hydrogen) atoms. The van der Waals surface area contributed by atoms with Gasteiger partial charge in [0.2, 0.25) is 11.8 Å². The van der Waals surface area contributed by atoms with Crippen LogP contribution in [0.4, 0.5) is 30.7 Å². The van der Waals surface area contributed by atoms with Gasteiger partial charge < -0.3 is 15.8 Å². The lowest BCUT2D eigenvalue weighted by Gasteiger charge is -2.33. The largest absolute Gasteiger partial charge is 0.433 e. The number of ether oxygens (including phenoxy) is 1. The van der Waals surface area contributed by atoms with Crippen LogP contribution in [-0.2, 0) is 4.79 Å². The Morgan fingerprint density at radius 3 is 2.41 bits per heavy atom. The Morgan fingerprint density at radius 1 is 1.09 bits per heavy atom. The fourth-order valence-electron chi connectivity index (χ4n) is 5.70. The molecule has 2 aliphatic rings. The summed E-state index contributed by atoms with van der Waals surface area (Å²) < 4.78 is 97.5. The number of rotatable bonds is 11. The molecule has 0 aliphatic heterocycles. The van der Waals surface area contributed by atoms with E-state index >= 15 is 0 Å². The molecule has 3 N–H and O–H groups in total. The van der Waals surface area contributed by atoms with Crippen molar-refractivity contribution in [2.75, 3.05) is 0 Å². The number of hydrogen-bond donors (Lipinski definition) is 2. The van der Waals surface area contributed by atoms with Crippen LogP contribution in [0, 0.1) is 11.8 Å². The molecule has 0 bridgehead atoms. The zero-order valence-corrected chi connectivity index (χ0v) is 23.2. The third-order valence-electron chi connectivity index (χ3n) is 7.99. The Bertz CT molecular complexity index is 1520. The second kappa shape index (κ2) is 12.2. The van der Waals surface area contributed by atoms with Crippen molar-refractivity contribution in [2.45, 2.75) is 82.0 Å². The summed E-state index contributed by atoms with van der Waals surface area (Å²) in [4.78, 5) is 33.6. The zero-order chi connectivity index (χ0) is 31.8. The first-order chi connectivity index (χ1) is 20.7. The van der Waals surface area contributed by atoms with Gasteiger partial charge in [-0.3, -0.25) is 14.6 Å². The number of carbonyl (C=O) groups is 2. The number of nitrogens with zero attached hydrogens (tertiary/aromatic N) is 4. The number of fused-ring (bicyclic) bond motifs is 1. The van der Waals surface area contributed by atoms with E-state index < -0.39 is 79.8 Å². The molecule has 16 heteroatoms. The molecule has 0 saturated heterocycles. The first-order valence-corrected chi connectivity index (χ1v) is 14.0. The highest BCUT2D eigenvalue weighted by atomic mass is 19.4. The number of halogens is 7. The minimum Gasteiger partial charge on any atom is -0.433 e. The second-order valence-corrected chi connectivity index (χ2v) is 11.3. The molecule has 0 radical (unpaired) electrons. The van der Waals surface area contributed by atoms with Crippen molar-refractivity contribution in [1.29, 1.82) is 0 Å². The lowest BCUT2D eigenvalue weighted by atomic mass is 9.75. The van der Waals surface area contributed by atoms with Gasteiger partial charge in [-0.05, 0) is 55.2 Å². The van der Waals surface area contributed by atoms with Crippen molar-refractivity contribution >= 4 is 17.5 Å². The summed E-state index contributed by atoms with van der Waals surface area (Å²) in [6.45, 7) is -3.19. The van der Waals surface area contributed by atoms with Gasteiger partial charge in [0.05, 0.1) is 48.0 Å². The third kappa shape index (κ3) is 7.56. The van der Waals surface area contributed by atoms with E-state index in [9.17, 15) is 40.3 Å². The van der Waals surface area contributed by atoms with Gasteiger partial charge in [0.15, 0.2) is 5.65 Å². The number of nitrogens with two attached hydrogens (primary N) is 1. The average molecular weight is 631 g/mol. The number of hydrogen-bond acceptors (Lipinski definition) is 6. The number of imidazole rings is 1. The van der Waals surface area contributed by atoms with Gasteiger partial charge in [0, 0.05) is 25.2 Å². The van der Waals surface area contributed by atoms with Gasteiger partial charge in [0.1, 0.15) is 5.75 Å². The molecular weight excluding hydrogens is 601 g/mol. The van der Waals surface area contributed by atoms with Crippen LogP contribution in [0.5, 0.6) is 5.75 Å². The van der Waals surface area contributed by atoms with Gasteiger partial charge in [-0.2, -0.15) is 27.1 Å². The Kier molecular flexibility index (Phi) is 8.71. The maximum absolute atomic E-state index is 14.1. The summed E-state index contributed by atoms with van der Waals surface area (Å²) in [6.07, 6.45) is -1.66. The fraction of sp³-hybridized carbons (Fsp3) is 0.536. The van der Waals surface area contributed by atoms with Crippen LogP contribution in [0.2, 0.25) is 0 Å². The molecule has 2 atom stereocenters. The van der Waals surface area contributed by atoms with Gasteiger partial charge in [0.25, 0.3) is 5.91 Å². The van der Waals surface area contributed by atoms with Crippen molar-refractivity contribution in [3.8, 4) is 5.75 Å². The van der Waals surface area contributed by atoms with Gasteiger partial charge in [-0.15, -0.1) is 0 Å². The van der Waals surface area contributed by atoms with E-state index in [1.807, 2.05) is 0 Å². The molecule has 2 saturated carbocycles. The van der Waals surface area contributed by atoms with Gasteiger partial charge in [-0.1, -0.05) is 0 Å². The average Bonchev–Trinajstić information content (AvgIpc) is 3.69. The molecule has 238 valence electrons. The molecule has 3 heterocycles. The van der Waals surface area contributed by atoms with Crippen LogP contribution in [0.3, 0.4) is 0 Å². The molecule has 0 unspecified atom stereocenters. The quantitative estimate of drug-likeness (QED) is 0.262. The van der Waals surface area contributed by atoms with Crippen LogP contribution < -0.4 is 15.8 Å². The molecule has 2 aliphatic carbocycles. The Balaban J connectivity index is 1.50. The predicted molar refractivity (Wildman–Crippen MR) is 140 cm³/mol. The summed E-state index contributed by atoms with van der Waals surface area (Å²) in [5, 5.41) is 7.03. The monoisotopic (exact) mass is 630 g/mol. The zero-order valence-electron chi connectivity index (χ0n) is 23.2. The van der Waals surface area contributed by atoms with Crippen LogP contribution in [0.15, 0.2) is 30.7 Å². The van der Waals surface area contributed by atoms with Crippen molar-refractivity contribution in [1.82, 2.24) is 24.9 Å². The minimum atomic E-state index is -4.47. The summed E-state index contributed by atoms with van der Waals surface area (Å²) in [6, 6.07) is 2.06. The maximum atomic E-state index is 14.1. The third-order valence-corrected chi connectivity index (χ3v) is 7.99. The summed E-state index contributed by atoms with van der Waals surface area (Å²) >= 11 is 0. The SMILES string of the molecule is NC(=O)c1cc(OC(F)F)cnc1[C@@H](c1cn2ncc([C@H](NC(=O)CCC(F)(F)F)C3CC3)cc2n1)C1CCC(F)(F)CC1. The topological polar surface area (TPSA) is 125 Å². The fourth-order valence-corrected chi connectivity index (χ4v) is 5.70. The first-order valence-electron chi connectivity index (χ1n) is 14.0. The molecule has 0 aromatic carbocycles. The van der Waals surface area contributed by atoms with Crippen LogP contribution in [-0.4, -0.2) is 50.1 Å². The lowest BCUT2D eigenvalue weighted by molar-refractivity contribution is -0.144. The summed E-state index contributed by atoms with van der Waals surface area (Å²) in [5.74, 6) is -6.32. The molecule has 9 nitrogen and oxygen atoms in total. The smallest absolute Gasteiger partial charge is 0.389 e. The van der Waals surface area contributed by atoms with Crippen LogP contribution in [0.25, 0.3) is 5.65 Å². The number of carbonyl (C=O) groups excluding carboxylic acids is 2. The molecule has 2 fully saturated rings. The van der Waals surface area contributed by atoms with E-state index in [1.54, 1.807) is 6.07 Å². The van der Waals surface area contributed by atoms with Crippen LogP contribution >= 0.6 is 0 Å². The van der Waals surface area contributed by atoms with E-state index in [0.717, 1.165) is 25.1 Å². The van der Waals surface area contributed by atoms with Crippen molar-refractivity contribution in [3.05, 3.63) is 53.2 Å². The van der Waals surface area contributed by atoms with Gasteiger partial charge in [-0.25, -0.2) is 18.3 Å². The van der Waals surface area contributed by atoms with Gasteiger partial charge >= 0.3 is 12.8 Å². The Morgan fingerprint density at radius 2 is 1.80 bits per heavy atom. The van der Waals surface area contributed by atoms with Crippen molar-refractivity contribution < 1.29 is 45.1 Å². The van der Waals surface area contributed by atoms with E-state index in [0.29, 0.717) is 11.3 Å². The highest BCUT2D eigenvalue weighted by Gasteiger charge is 2.41. The molecule has 2 amide bonds. The lowest BCUT2D eigenvalue weighted by Crippen LogP contribution is -2.30. The highest BCUT2D eigenvalue weighted by Crippen LogP contribution is 2.46. The summed E-state index contributed by atoms with van der Waals surface area (Å²) in [5.41, 5.74) is 6.52. The predicted octanol–water partition coefficient (Wildman–Crippen LogP) is 5.69. The Labute approximate surface area is 246 Å². The highest BCUT2D eigenvalue weighted by molar-refractivity contribution is 5.94. The number of amides is 2. The maximum Gasteiger partial charge on any atom is 0.389 e. The number of nitrogens with one attached hydrogen (secondary N) is 1. The normalized spacial score (nSPS) is 18.7. The number of alkyl halides is 7. The minimum absolute atomic E-state index is 0.0106. The van der Waals surface area contributed by atoms with E-state index in [4.69, 9.17) is 5.73 Å². The molecule has 5 rings (SSSR count). The van der Waals surface area contributed by atoms with E-state index in [2.05, 4.69) is 25.1 Å². The number of pyridine rings is 1. The van der Waals surface area contributed by atoms with Crippen molar-refractivity contribution in [3.63, 3.8) is 0 Å². The molecule has 3 aromatic heterocycles.